The van der Waals surface area contributed by atoms with Crippen molar-refractivity contribution in [3.05, 3.63) is 40.9 Å². The standard InChI is InChI=1S/C18H26N4S/c1-13-4-6-14(7-5-13)20-17-21-15(11-23-17)10-22-9-8-16(19)18(2,3)12-22/h4-7,11,16H,8-10,12,19H2,1-3H3,(H,20,21). The number of benzene rings is 1. The maximum absolute atomic E-state index is 6.22. The summed E-state index contributed by atoms with van der Waals surface area (Å²) in [5, 5.41) is 6.49. The minimum Gasteiger partial charge on any atom is -0.332 e. The second-order valence-corrected chi connectivity index (χ2v) is 8.09. The highest BCUT2D eigenvalue weighted by atomic mass is 32.1. The van der Waals surface area contributed by atoms with Gasteiger partial charge in [-0.3, -0.25) is 4.90 Å². The molecule has 0 bridgehead atoms. The monoisotopic (exact) mass is 330 g/mol. The number of hydrogen-bond acceptors (Lipinski definition) is 5. The van der Waals surface area contributed by atoms with Gasteiger partial charge in [-0.1, -0.05) is 31.5 Å². The lowest BCUT2D eigenvalue weighted by Crippen LogP contribution is -2.52. The molecule has 1 atom stereocenters. The summed E-state index contributed by atoms with van der Waals surface area (Å²) in [7, 11) is 0. The van der Waals surface area contributed by atoms with Gasteiger partial charge in [-0.15, -0.1) is 11.3 Å². The smallest absolute Gasteiger partial charge is 0.187 e. The zero-order valence-electron chi connectivity index (χ0n) is 14.2. The van der Waals surface area contributed by atoms with Crippen molar-refractivity contribution < 1.29 is 0 Å². The number of piperidine rings is 1. The summed E-state index contributed by atoms with van der Waals surface area (Å²) in [6.07, 6.45) is 1.06. The van der Waals surface area contributed by atoms with E-state index in [-0.39, 0.29) is 5.41 Å². The lowest BCUT2D eigenvalue weighted by atomic mass is 9.80. The molecule has 0 amide bonds. The Hall–Kier alpha value is -1.43. The topological polar surface area (TPSA) is 54.2 Å². The number of nitrogens with zero attached hydrogens (tertiary/aromatic N) is 2. The second-order valence-electron chi connectivity index (χ2n) is 7.23. The van der Waals surface area contributed by atoms with E-state index in [0.717, 1.165) is 42.6 Å². The van der Waals surface area contributed by atoms with Gasteiger partial charge in [0.25, 0.3) is 0 Å². The average Bonchev–Trinajstić information content (AvgIpc) is 2.92. The van der Waals surface area contributed by atoms with Crippen LogP contribution in [0.5, 0.6) is 0 Å². The summed E-state index contributed by atoms with van der Waals surface area (Å²) in [4.78, 5) is 7.19. The Morgan fingerprint density at radius 3 is 2.78 bits per heavy atom. The molecule has 0 saturated carbocycles. The van der Waals surface area contributed by atoms with Crippen molar-refractivity contribution in [1.29, 1.82) is 0 Å². The number of thiazole rings is 1. The van der Waals surface area contributed by atoms with Gasteiger partial charge >= 0.3 is 0 Å². The number of nitrogens with one attached hydrogen (secondary N) is 1. The number of aromatic nitrogens is 1. The van der Waals surface area contributed by atoms with Crippen LogP contribution >= 0.6 is 11.3 Å². The Morgan fingerprint density at radius 1 is 1.35 bits per heavy atom. The average molecular weight is 331 g/mol. The minimum absolute atomic E-state index is 0.178. The fourth-order valence-corrected chi connectivity index (χ4v) is 3.77. The molecular formula is C18H26N4S. The quantitative estimate of drug-likeness (QED) is 0.896. The summed E-state index contributed by atoms with van der Waals surface area (Å²) in [5.74, 6) is 0. The largest absolute Gasteiger partial charge is 0.332 e. The molecule has 2 heterocycles. The molecule has 5 heteroatoms. The van der Waals surface area contributed by atoms with Crippen LogP contribution in [0.3, 0.4) is 0 Å². The molecule has 0 radical (unpaired) electrons. The first kappa shape index (κ1) is 16.4. The first-order valence-corrected chi connectivity index (χ1v) is 9.06. The van der Waals surface area contributed by atoms with Crippen molar-refractivity contribution in [3.63, 3.8) is 0 Å². The first-order valence-electron chi connectivity index (χ1n) is 8.18. The Morgan fingerprint density at radius 2 is 2.09 bits per heavy atom. The SMILES string of the molecule is Cc1ccc(Nc2nc(CN3CCC(N)C(C)(C)C3)cs2)cc1. The van der Waals surface area contributed by atoms with Crippen LogP contribution in [0.25, 0.3) is 0 Å². The Balaban J connectivity index is 1.60. The van der Waals surface area contributed by atoms with Gasteiger partial charge in [0.1, 0.15) is 0 Å². The number of likely N-dealkylation sites (tertiary alicyclic amines) is 1. The molecule has 3 rings (SSSR count). The summed E-state index contributed by atoms with van der Waals surface area (Å²) in [5.41, 5.74) is 9.88. The summed E-state index contributed by atoms with van der Waals surface area (Å²) in [6, 6.07) is 8.69. The highest BCUT2D eigenvalue weighted by Crippen LogP contribution is 2.29. The van der Waals surface area contributed by atoms with Crippen LogP contribution in [0.4, 0.5) is 10.8 Å². The van der Waals surface area contributed by atoms with Crippen molar-refractivity contribution in [1.82, 2.24) is 9.88 Å². The molecule has 124 valence electrons. The van der Waals surface area contributed by atoms with Gasteiger partial charge < -0.3 is 11.1 Å². The molecule has 1 fully saturated rings. The number of anilines is 2. The maximum Gasteiger partial charge on any atom is 0.187 e. The molecule has 1 saturated heterocycles. The van der Waals surface area contributed by atoms with Gasteiger partial charge in [0, 0.05) is 36.7 Å². The predicted octanol–water partition coefficient (Wildman–Crippen LogP) is 3.75. The van der Waals surface area contributed by atoms with Crippen LogP contribution in [0.2, 0.25) is 0 Å². The van der Waals surface area contributed by atoms with Crippen LogP contribution in [0.15, 0.2) is 29.6 Å². The highest BCUT2D eigenvalue weighted by Gasteiger charge is 2.33. The van der Waals surface area contributed by atoms with E-state index in [1.165, 1.54) is 5.56 Å². The van der Waals surface area contributed by atoms with Gasteiger partial charge in [0.15, 0.2) is 5.13 Å². The van der Waals surface area contributed by atoms with E-state index in [4.69, 9.17) is 10.7 Å². The highest BCUT2D eigenvalue weighted by molar-refractivity contribution is 7.13. The van der Waals surface area contributed by atoms with Crippen LogP contribution in [0.1, 0.15) is 31.5 Å². The minimum atomic E-state index is 0.178. The zero-order chi connectivity index (χ0) is 16.4. The molecule has 3 N–H and O–H groups in total. The van der Waals surface area contributed by atoms with Crippen molar-refractivity contribution in [2.75, 3.05) is 18.4 Å². The van der Waals surface area contributed by atoms with E-state index in [1.807, 2.05) is 0 Å². The summed E-state index contributed by atoms with van der Waals surface area (Å²) < 4.78 is 0. The molecule has 1 unspecified atom stereocenters. The Bertz CT molecular complexity index is 647. The van der Waals surface area contributed by atoms with Gasteiger partial charge in [0.05, 0.1) is 5.69 Å². The molecule has 1 aromatic carbocycles. The first-order chi connectivity index (χ1) is 10.9. The molecule has 2 aromatic rings. The van der Waals surface area contributed by atoms with E-state index in [9.17, 15) is 0 Å². The number of hydrogen-bond donors (Lipinski definition) is 2. The lowest BCUT2D eigenvalue weighted by molar-refractivity contribution is 0.0891. The van der Waals surface area contributed by atoms with Crippen LogP contribution in [0, 0.1) is 12.3 Å². The maximum atomic E-state index is 6.22. The molecule has 1 aromatic heterocycles. The molecule has 1 aliphatic heterocycles. The van der Waals surface area contributed by atoms with Crippen molar-refractivity contribution in [2.24, 2.45) is 11.1 Å². The third-order valence-corrected chi connectivity index (χ3v) is 5.44. The molecule has 4 nitrogen and oxygen atoms in total. The van der Waals surface area contributed by atoms with Crippen molar-refractivity contribution in [3.8, 4) is 0 Å². The fraction of sp³-hybridized carbons (Fsp3) is 0.500. The number of aryl methyl sites for hydroxylation is 1. The van der Waals surface area contributed by atoms with Crippen LogP contribution in [-0.2, 0) is 6.54 Å². The third-order valence-electron chi connectivity index (χ3n) is 4.63. The Kier molecular flexibility index (Phi) is 4.71. The second kappa shape index (κ2) is 6.59. The van der Waals surface area contributed by atoms with E-state index in [0.29, 0.717) is 6.04 Å². The molecule has 0 spiro atoms. The van der Waals surface area contributed by atoms with Gasteiger partial charge in [0.2, 0.25) is 0 Å². The lowest BCUT2D eigenvalue weighted by Gasteiger charge is -2.42. The molecule has 1 aliphatic rings. The van der Waals surface area contributed by atoms with Gasteiger partial charge in [-0.05, 0) is 30.9 Å². The molecule has 0 aliphatic carbocycles. The van der Waals surface area contributed by atoms with Crippen LogP contribution in [-0.4, -0.2) is 29.0 Å². The number of rotatable bonds is 4. The van der Waals surface area contributed by atoms with Crippen molar-refractivity contribution >= 4 is 22.2 Å². The molecular weight excluding hydrogens is 304 g/mol. The van der Waals surface area contributed by atoms with E-state index in [1.54, 1.807) is 11.3 Å². The van der Waals surface area contributed by atoms with Gasteiger partial charge in [-0.2, -0.15) is 0 Å². The third kappa shape index (κ3) is 4.10. The van der Waals surface area contributed by atoms with E-state index < -0.39 is 0 Å². The van der Waals surface area contributed by atoms with E-state index >= 15 is 0 Å². The Labute approximate surface area is 142 Å². The predicted molar refractivity (Wildman–Crippen MR) is 98.2 cm³/mol. The molecule has 23 heavy (non-hydrogen) atoms. The van der Waals surface area contributed by atoms with Crippen LogP contribution < -0.4 is 11.1 Å². The summed E-state index contributed by atoms with van der Waals surface area (Å²) >= 11 is 1.66. The van der Waals surface area contributed by atoms with Crippen molar-refractivity contribution in [2.45, 2.75) is 39.8 Å². The van der Waals surface area contributed by atoms with Gasteiger partial charge in [-0.25, -0.2) is 4.98 Å². The normalized spacial score (nSPS) is 21.3. The fourth-order valence-electron chi connectivity index (χ4n) is 3.05. The summed E-state index contributed by atoms with van der Waals surface area (Å²) in [6.45, 7) is 9.61. The zero-order valence-corrected chi connectivity index (χ0v) is 15.0. The number of nitrogens with two attached hydrogens (primary N) is 1. The van der Waals surface area contributed by atoms with E-state index in [2.05, 4.69) is 60.6 Å².